The van der Waals surface area contributed by atoms with E-state index in [1.54, 1.807) is 12.1 Å². The average molecular weight is 418 g/mol. The van der Waals surface area contributed by atoms with Crippen molar-refractivity contribution in [2.75, 3.05) is 40.8 Å². The quantitative estimate of drug-likeness (QED) is 0.595. The van der Waals surface area contributed by atoms with Gasteiger partial charge in [-0.2, -0.15) is 0 Å². The number of hydrogen-bond donors (Lipinski definition) is 1. The Morgan fingerprint density at radius 3 is 2.37 bits per heavy atom. The van der Waals surface area contributed by atoms with E-state index in [1.807, 2.05) is 25.1 Å². The van der Waals surface area contributed by atoms with E-state index in [4.69, 9.17) is 0 Å². The van der Waals surface area contributed by atoms with Gasteiger partial charge in [0, 0.05) is 19.6 Å². The normalized spacial score (nSPS) is 30.1. The standard InChI is InChI=1S/C24H36FN3O2/c1-26(2)24(20-6-4-7-21(25)12-20)14-22(15-24,28(18-29)13-19-8-9-19)16-27(3)17-23(30)10-5-11-23/h4,6-7,12,18-19,30H,5,8-11,13-17H2,1-3H3. The van der Waals surface area contributed by atoms with Crippen molar-refractivity contribution in [1.82, 2.24) is 14.7 Å². The minimum Gasteiger partial charge on any atom is -0.389 e. The molecule has 5 nitrogen and oxygen atoms in total. The summed E-state index contributed by atoms with van der Waals surface area (Å²) in [4.78, 5) is 18.6. The number of amides is 1. The van der Waals surface area contributed by atoms with E-state index in [2.05, 4.69) is 16.8 Å². The maximum Gasteiger partial charge on any atom is 0.210 e. The minimum atomic E-state index is -0.580. The molecule has 1 N–H and O–H groups in total. The van der Waals surface area contributed by atoms with Crippen molar-refractivity contribution in [2.45, 2.75) is 61.6 Å². The number of rotatable bonds is 10. The van der Waals surface area contributed by atoms with Crippen molar-refractivity contribution < 1.29 is 14.3 Å². The van der Waals surface area contributed by atoms with Gasteiger partial charge in [0.25, 0.3) is 0 Å². The number of aliphatic hydroxyl groups is 1. The zero-order chi connectivity index (χ0) is 21.6. The van der Waals surface area contributed by atoms with E-state index in [0.717, 1.165) is 57.2 Å². The van der Waals surface area contributed by atoms with Crippen LogP contribution >= 0.6 is 0 Å². The molecule has 30 heavy (non-hydrogen) atoms. The molecule has 6 heteroatoms. The Kier molecular flexibility index (Phi) is 5.71. The van der Waals surface area contributed by atoms with Gasteiger partial charge >= 0.3 is 0 Å². The molecule has 0 aromatic heterocycles. The maximum atomic E-state index is 14.0. The number of halogens is 1. The van der Waals surface area contributed by atoms with Crippen LogP contribution in [0.2, 0.25) is 0 Å². The molecular weight excluding hydrogens is 381 g/mol. The summed E-state index contributed by atoms with van der Waals surface area (Å²) < 4.78 is 14.0. The van der Waals surface area contributed by atoms with Gasteiger partial charge in [-0.3, -0.25) is 9.69 Å². The molecule has 0 aliphatic heterocycles. The Balaban J connectivity index is 1.59. The highest BCUT2D eigenvalue weighted by atomic mass is 19.1. The van der Waals surface area contributed by atoms with E-state index in [9.17, 15) is 14.3 Å². The van der Waals surface area contributed by atoms with Crippen molar-refractivity contribution in [3.05, 3.63) is 35.6 Å². The summed E-state index contributed by atoms with van der Waals surface area (Å²) in [6.45, 7) is 2.17. The molecule has 3 saturated carbocycles. The summed E-state index contributed by atoms with van der Waals surface area (Å²) in [7, 11) is 6.14. The summed E-state index contributed by atoms with van der Waals surface area (Å²) in [5.74, 6) is 0.387. The number of likely N-dealkylation sites (N-methyl/N-ethyl adjacent to an activating group) is 1. The zero-order valence-electron chi connectivity index (χ0n) is 18.6. The van der Waals surface area contributed by atoms with Gasteiger partial charge in [0.1, 0.15) is 5.82 Å². The molecule has 0 bridgehead atoms. The summed E-state index contributed by atoms with van der Waals surface area (Å²) in [6, 6.07) is 6.89. The van der Waals surface area contributed by atoms with Gasteiger partial charge in [0.05, 0.1) is 16.7 Å². The lowest BCUT2D eigenvalue weighted by atomic mass is 9.58. The van der Waals surface area contributed by atoms with Crippen LogP contribution in [0.1, 0.15) is 50.5 Å². The highest BCUT2D eigenvalue weighted by molar-refractivity contribution is 5.51. The molecule has 0 spiro atoms. The largest absolute Gasteiger partial charge is 0.389 e. The van der Waals surface area contributed by atoms with E-state index >= 15 is 0 Å². The molecule has 4 rings (SSSR count). The van der Waals surface area contributed by atoms with Crippen molar-refractivity contribution in [3.63, 3.8) is 0 Å². The molecule has 1 aromatic rings. The van der Waals surface area contributed by atoms with E-state index in [0.29, 0.717) is 12.5 Å². The molecule has 0 radical (unpaired) electrons. The lowest BCUT2D eigenvalue weighted by Crippen LogP contribution is -2.71. The first-order valence-electron chi connectivity index (χ1n) is 11.3. The molecule has 0 heterocycles. The first-order chi connectivity index (χ1) is 14.2. The van der Waals surface area contributed by atoms with Crippen molar-refractivity contribution in [1.29, 1.82) is 0 Å². The van der Waals surface area contributed by atoms with E-state index in [-0.39, 0.29) is 16.9 Å². The van der Waals surface area contributed by atoms with Gasteiger partial charge in [-0.25, -0.2) is 4.39 Å². The molecule has 3 aliphatic rings. The fraction of sp³-hybridized carbons (Fsp3) is 0.708. The van der Waals surface area contributed by atoms with E-state index < -0.39 is 5.60 Å². The third-order valence-corrected chi connectivity index (χ3v) is 7.76. The van der Waals surface area contributed by atoms with Crippen molar-refractivity contribution >= 4 is 6.41 Å². The first-order valence-corrected chi connectivity index (χ1v) is 11.3. The molecule has 0 saturated heterocycles. The molecule has 3 fully saturated rings. The van der Waals surface area contributed by atoms with Crippen LogP contribution in [0.5, 0.6) is 0 Å². The average Bonchev–Trinajstić information content (AvgIpc) is 3.45. The third-order valence-electron chi connectivity index (χ3n) is 7.76. The number of hydrogen-bond acceptors (Lipinski definition) is 4. The maximum absolute atomic E-state index is 14.0. The Morgan fingerprint density at radius 2 is 1.87 bits per heavy atom. The van der Waals surface area contributed by atoms with Crippen LogP contribution in [0.3, 0.4) is 0 Å². The number of carbonyl (C=O) groups is 1. The number of benzene rings is 1. The van der Waals surface area contributed by atoms with Gasteiger partial charge < -0.3 is 14.9 Å². The van der Waals surface area contributed by atoms with Gasteiger partial charge in [-0.1, -0.05) is 12.1 Å². The van der Waals surface area contributed by atoms with Crippen LogP contribution in [-0.2, 0) is 10.3 Å². The predicted octanol–water partition coefficient (Wildman–Crippen LogP) is 2.83. The number of carbonyl (C=O) groups excluding carboxylic acids is 1. The van der Waals surface area contributed by atoms with Crippen LogP contribution < -0.4 is 0 Å². The Bertz CT molecular complexity index is 769. The minimum absolute atomic E-state index is 0.222. The highest BCUT2D eigenvalue weighted by Gasteiger charge is 2.60. The van der Waals surface area contributed by atoms with E-state index in [1.165, 1.54) is 18.9 Å². The summed E-state index contributed by atoms with van der Waals surface area (Å²) >= 11 is 0. The van der Waals surface area contributed by atoms with Gasteiger partial charge in [-0.15, -0.1) is 0 Å². The Hall–Kier alpha value is -1.50. The second-order valence-electron chi connectivity index (χ2n) is 10.5. The summed E-state index contributed by atoms with van der Waals surface area (Å²) in [5.41, 5.74) is -0.194. The molecule has 166 valence electrons. The fourth-order valence-corrected chi connectivity index (χ4v) is 5.73. The van der Waals surface area contributed by atoms with Crippen LogP contribution in [0.15, 0.2) is 24.3 Å². The van der Waals surface area contributed by atoms with Gasteiger partial charge in [-0.05, 0) is 89.7 Å². The lowest BCUT2D eigenvalue weighted by molar-refractivity contribution is -0.149. The molecule has 0 unspecified atom stereocenters. The van der Waals surface area contributed by atoms with Crippen molar-refractivity contribution in [2.24, 2.45) is 5.92 Å². The molecule has 0 atom stereocenters. The van der Waals surface area contributed by atoms with Crippen molar-refractivity contribution in [3.8, 4) is 0 Å². The number of nitrogens with zero attached hydrogens (tertiary/aromatic N) is 3. The topological polar surface area (TPSA) is 47.0 Å². The Labute approximate surface area is 179 Å². The highest BCUT2D eigenvalue weighted by Crippen LogP contribution is 2.55. The lowest BCUT2D eigenvalue weighted by Gasteiger charge is -2.63. The molecule has 1 amide bonds. The summed E-state index contributed by atoms with van der Waals surface area (Å²) in [5, 5.41) is 10.6. The van der Waals surface area contributed by atoms with Gasteiger partial charge in [0.2, 0.25) is 6.41 Å². The van der Waals surface area contributed by atoms with Crippen LogP contribution in [0.25, 0.3) is 0 Å². The Morgan fingerprint density at radius 1 is 1.17 bits per heavy atom. The second kappa shape index (κ2) is 7.88. The molecular formula is C24H36FN3O2. The summed E-state index contributed by atoms with van der Waals surface area (Å²) in [6.07, 6.45) is 7.74. The fourth-order valence-electron chi connectivity index (χ4n) is 5.73. The van der Waals surface area contributed by atoms with Crippen LogP contribution in [-0.4, -0.2) is 78.1 Å². The SMILES string of the molecule is CN(CC1(O)CCC1)CC1(N(C=O)CC2CC2)CC(c2cccc(F)c2)(N(C)C)C1. The monoisotopic (exact) mass is 417 g/mol. The first kappa shape index (κ1) is 21.7. The van der Waals surface area contributed by atoms with Crippen LogP contribution in [0, 0.1) is 11.7 Å². The second-order valence-corrected chi connectivity index (χ2v) is 10.5. The smallest absolute Gasteiger partial charge is 0.210 e. The molecule has 1 aromatic carbocycles. The predicted molar refractivity (Wildman–Crippen MR) is 116 cm³/mol. The zero-order valence-corrected chi connectivity index (χ0v) is 18.6. The van der Waals surface area contributed by atoms with Crippen LogP contribution in [0.4, 0.5) is 4.39 Å². The van der Waals surface area contributed by atoms with Gasteiger partial charge in [0.15, 0.2) is 0 Å². The molecule has 3 aliphatic carbocycles. The third kappa shape index (κ3) is 4.02.